The van der Waals surface area contributed by atoms with Crippen molar-refractivity contribution in [3.05, 3.63) is 12.2 Å². The van der Waals surface area contributed by atoms with Crippen molar-refractivity contribution in [1.29, 1.82) is 0 Å². The Labute approximate surface area is 648 Å². The van der Waals surface area contributed by atoms with Crippen molar-refractivity contribution in [2.45, 2.75) is 417 Å². The first-order chi connectivity index (χ1) is 52.9. The van der Waals surface area contributed by atoms with E-state index < -0.39 is 229 Å². The standard InChI is InChI=1S/C77H140N2O31/c1-4-6-8-10-12-14-16-18-19-20-21-22-23-24-25-27-29-31-33-35-37-39-56(89)79-48(49(86)38-36-34-32-30-28-26-17-15-13-11-9-7-5-2)46-101-73-64(96)63(95)67(55(45-84)105-73)106-74-65(97)69(61(93)53(43-82)103-74)108-72-57(78-47(3)85)68(60(92)52(42-81)102-72)107-75-66(98)71(62(94)54(44-83)104-75)110-77(76(99)100)40-50(87)58(90)70(109-77)59(91)51(88)41-80/h36,38,48-55,57-75,80-84,86-88,90-98H,4-35,37,39-46H2,1-3H3,(H,78,85)(H,79,89)(H,99,100)/b38-36+/t48-,49+,50?,51+,52?,53?,54?,55?,57?,58+,59+,60+,61-,62-,63+,64?,65?,66?,67+,68+,69-,70?,71-,72-,73+,74-,75-,77-/m0/s1. The van der Waals surface area contributed by atoms with Crippen molar-refractivity contribution in [3.63, 3.8) is 0 Å². The lowest BCUT2D eigenvalue weighted by molar-refractivity contribution is -0.392. The third kappa shape index (κ3) is 31.2. The molecule has 5 heterocycles. The van der Waals surface area contributed by atoms with E-state index in [1.165, 1.54) is 148 Å². The van der Waals surface area contributed by atoms with E-state index >= 15 is 0 Å². The van der Waals surface area contributed by atoms with Gasteiger partial charge in [-0.15, -0.1) is 0 Å². The maximum absolute atomic E-state index is 13.6. The zero-order valence-corrected chi connectivity index (χ0v) is 65.1. The topological polar surface area (TPSA) is 532 Å². The molecular weight excluding hydrogens is 1450 g/mol. The van der Waals surface area contributed by atoms with Crippen molar-refractivity contribution in [2.24, 2.45) is 0 Å². The molecule has 20 N–H and O–H groups in total. The number of amides is 2. The third-order valence-corrected chi connectivity index (χ3v) is 21.7. The number of hydrogen-bond donors (Lipinski definition) is 20. The molecule has 0 aromatic heterocycles. The fourth-order valence-electron chi connectivity index (χ4n) is 14.9. The van der Waals surface area contributed by atoms with E-state index in [9.17, 15) is 106 Å². The van der Waals surface area contributed by atoms with Crippen molar-refractivity contribution >= 4 is 17.8 Å². The van der Waals surface area contributed by atoms with Crippen LogP contribution in [0.4, 0.5) is 0 Å². The summed E-state index contributed by atoms with van der Waals surface area (Å²) in [4.78, 5) is 39.6. The number of aliphatic carboxylic acids is 1. The van der Waals surface area contributed by atoms with E-state index in [2.05, 4.69) is 24.5 Å². The van der Waals surface area contributed by atoms with Gasteiger partial charge in [-0.25, -0.2) is 4.79 Å². The Morgan fingerprint density at radius 3 is 1.34 bits per heavy atom. The predicted molar refractivity (Wildman–Crippen MR) is 394 cm³/mol. The van der Waals surface area contributed by atoms with Gasteiger partial charge in [0, 0.05) is 19.8 Å². The van der Waals surface area contributed by atoms with Gasteiger partial charge in [-0.1, -0.05) is 219 Å². The molecule has 0 radical (unpaired) electrons. The number of aliphatic hydroxyl groups excluding tert-OH is 17. The van der Waals surface area contributed by atoms with E-state index in [4.69, 9.17) is 47.4 Å². The summed E-state index contributed by atoms with van der Waals surface area (Å²) >= 11 is 0. The second-order valence-electron chi connectivity index (χ2n) is 30.7. The molecule has 2 amide bonds. The maximum atomic E-state index is 13.6. The van der Waals surface area contributed by atoms with Gasteiger partial charge in [0.05, 0.1) is 57.9 Å². The summed E-state index contributed by atoms with van der Waals surface area (Å²) in [7, 11) is 0. The molecule has 0 spiro atoms. The van der Waals surface area contributed by atoms with Crippen molar-refractivity contribution in [3.8, 4) is 0 Å². The molecule has 0 aromatic carbocycles. The van der Waals surface area contributed by atoms with Crippen LogP contribution >= 0.6 is 0 Å². The average molecular weight is 1590 g/mol. The van der Waals surface area contributed by atoms with Crippen LogP contribution in [0.15, 0.2) is 12.2 Å². The highest BCUT2D eigenvalue weighted by Crippen LogP contribution is 2.40. The minimum Gasteiger partial charge on any atom is -0.477 e. The monoisotopic (exact) mass is 1590 g/mol. The Hall–Kier alpha value is -2.93. The molecule has 110 heavy (non-hydrogen) atoms. The molecule has 28 atom stereocenters. The molecule has 5 fully saturated rings. The van der Waals surface area contributed by atoms with Gasteiger partial charge in [0.1, 0.15) is 122 Å². The minimum atomic E-state index is -3.22. The Balaban J connectivity index is 1.22. The third-order valence-electron chi connectivity index (χ3n) is 21.7. The minimum absolute atomic E-state index is 0.171. The summed E-state index contributed by atoms with van der Waals surface area (Å²) in [5.74, 6) is -6.57. The van der Waals surface area contributed by atoms with Gasteiger partial charge < -0.3 is 150 Å². The van der Waals surface area contributed by atoms with Gasteiger partial charge in [0.25, 0.3) is 5.79 Å². The summed E-state index contributed by atoms with van der Waals surface area (Å²) in [6.45, 7) is -0.351. The molecule has 0 aromatic rings. The number of aliphatic hydroxyl groups is 17. The predicted octanol–water partition coefficient (Wildman–Crippen LogP) is 1.15. The van der Waals surface area contributed by atoms with E-state index in [-0.39, 0.29) is 12.3 Å². The van der Waals surface area contributed by atoms with Gasteiger partial charge in [-0.3, -0.25) is 9.59 Å². The number of ether oxygens (including phenoxy) is 10. The average Bonchev–Trinajstić information content (AvgIpc) is 0.761. The second-order valence-corrected chi connectivity index (χ2v) is 30.7. The van der Waals surface area contributed by atoms with Crippen LogP contribution in [0.1, 0.15) is 245 Å². The maximum Gasteiger partial charge on any atom is 0.364 e. The second kappa shape index (κ2) is 53.4. The molecule has 5 rings (SSSR count). The van der Waals surface area contributed by atoms with Gasteiger partial charge in [-0.05, 0) is 19.3 Å². The molecule has 33 heteroatoms. The summed E-state index contributed by atoms with van der Waals surface area (Å²) in [5, 5.41) is 203. The van der Waals surface area contributed by atoms with E-state index in [0.29, 0.717) is 12.8 Å². The zero-order chi connectivity index (χ0) is 80.7. The number of unbranched alkanes of at least 4 members (excludes halogenated alkanes) is 31. The van der Waals surface area contributed by atoms with E-state index in [1.54, 1.807) is 6.08 Å². The van der Waals surface area contributed by atoms with Crippen LogP contribution in [0.25, 0.3) is 0 Å². The SMILES string of the molecule is CCCCCCCCCCCCC/C=C/[C@@H](O)[C@H](CO[C@@H]1OC(CO)[C@@H](O[C@@H]2OC(CO)[C@H](O)[C@H](O[C@@H]3OC(CO)[C@@H](O)[C@H](O[C@@H]4OC(CO)[C@H](O)[C@H](O[C@]5(C(=O)O)CC(O)[C@@H](O)C([C@H](O)[C@H](O)CO)O5)C4O)C3NC(C)=O)C2O)[C@H](O)C1O)NC(=O)CCCCCCCCCCCCCCCCCCCCCCC. The van der Waals surface area contributed by atoms with Crippen LogP contribution in [0, 0.1) is 0 Å². The molecule has 5 saturated heterocycles. The number of allylic oxidation sites excluding steroid dienone is 1. The van der Waals surface area contributed by atoms with Crippen LogP contribution in [0.3, 0.4) is 0 Å². The Kier molecular flexibility index (Phi) is 47.4. The lowest BCUT2D eigenvalue weighted by atomic mass is 9.90. The molecule has 10 unspecified atom stereocenters. The summed E-state index contributed by atoms with van der Waals surface area (Å²) in [6.07, 6.45) is -8.99. The number of rotatable bonds is 57. The number of nitrogens with one attached hydrogen (secondary N) is 2. The van der Waals surface area contributed by atoms with Crippen LogP contribution < -0.4 is 10.6 Å². The van der Waals surface area contributed by atoms with Crippen molar-refractivity contribution in [2.75, 3.05) is 39.6 Å². The molecule has 644 valence electrons. The van der Waals surface area contributed by atoms with Crippen molar-refractivity contribution in [1.82, 2.24) is 10.6 Å². The molecule has 5 aliphatic heterocycles. The zero-order valence-electron chi connectivity index (χ0n) is 65.1. The fourth-order valence-corrected chi connectivity index (χ4v) is 14.9. The quantitative estimate of drug-likeness (QED) is 0.0300. The first-order valence-electron chi connectivity index (χ1n) is 41.1. The Morgan fingerprint density at radius 2 is 0.882 bits per heavy atom. The van der Waals surface area contributed by atoms with Crippen LogP contribution in [-0.2, 0) is 61.8 Å². The van der Waals surface area contributed by atoms with Gasteiger partial charge in [0.2, 0.25) is 11.8 Å². The summed E-state index contributed by atoms with van der Waals surface area (Å²) in [5.41, 5.74) is 0. The molecule has 5 aliphatic rings. The smallest absolute Gasteiger partial charge is 0.364 e. The molecule has 0 bridgehead atoms. The van der Waals surface area contributed by atoms with Crippen LogP contribution in [0.5, 0.6) is 0 Å². The van der Waals surface area contributed by atoms with E-state index in [1.807, 2.05) is 6.08 Å². The summed E-state index contributed by atoms with van der Waals surface area (Å²) in [6, 6.07) is -2.97. The first-order valence-corrected chi connectivity index (χ1v) is 41.1. The summed E-state index contributed by atoms with van der Waals surface area (Å²) < 4.78 is 58.6. The van der Waals surface area contributed by atoms with Crippen molar-refractivity contribution < 1.29 is 154 Å². The highest BCUT2D eigenvalue weighted by atomic mass is 16.8. The lowest BCUT2D eigenvalue weighted by Crippen LogP contribution is -2.71. The van der Waals surface area contributed by atoms with Gasteiger partial charge in [0.15, 0.2) is 25.2 Å². The van der Waals surface area contributed by atoms with E-state index in [0.717, 1.165) is 58.3 Å². The van der Waals surface area contributed by atoms with Crippen LogP contribution in [0.2, 0.25) is 0 Å². The fraction of sp³-hybridized carbons (Fsp3) is 0.935. The molecule has 33 nitrogen and oxygen atoms in total. The highest BCUT2D eigenvalue weighted by Gasteiger charge is 2.61. The number of hydrogen-bond acceptors (Lipinski definition) is 30. The van der Waals surface area contributed by atoms with Gasteiger partial charge in [-0.2, -0.15) is 0 Å². The largest absolute Gasteiger partial charge is 0.477 e. The lowest BCUT2D eigenvalue weighted by Gasteiger charge is -2.51. The number of carboxylic acids is 1. The number of carboxylic acid groups (broad SMARTS) is 1. The highest BCUT2D eigenvalue weighted by molar-refractivity contribution is 5.76. The van der Waals surface area contributed by atoms with Gasteiger partial charge >= 0.3 is 5.97 Å². The number of carbonyl (C=O) groups excluding carboxylic acids is 2. The van der Waals surface area contributed by atoms with Crippen LogP contribution in [-0.4, -0.2) is 321 Å². The molecule has 0 aliphatic carbocycles. The number of carbonyl (C=O) groups is 3. The normalized spacial score (nSPS) is 34.1. The molecular formula is C77H140N2O31. The molecule has 0 saturated carbocycles. The first kappa shape index (κ1) is 97.6. The Bertz CT molecular complexity index is 2490. The Morgan fingerprint density at radius 1 is 0.473 bits per heavy atom.